The maximum absolute atomic E-state index is 11.6. The predicted octanol–water partition coefficient (Wildman–Crippen LogP) is 1.69. The number of sulfonamides is 1. The van der Waals surface area contributed by atoms with Gasteiger partial charge in [0.2, 0.25) is 16.0 Å². The molecule has 1 spiro atoms. The summed E-state index contributed by atoms with van der Waals surface area (Å²) in [4.78, 5) is 16.1. The first-order valence-corrected chi connectivity index (χ1v) is 12.3. The van der Waals surface area contributed by atoms with Crippen LogP contribution >= 0.6 is 0 Å². The van der Waals surface area contributed by atoms with Gasteiger partial charge in [0.1, 0.15) is 0 Å². The summed E-state index contributed by atoms with van der Waals surface area (Å²) < 4.78 is 32.3. The highest BCUT2D eigenvalue weighted by molar-refractivity contribution is 7.88. The summed E-state index contributed by atoms with van der Waals surface area (Å²) in [6, 6.07) is 5.97. The van der Waals surface area contributed by atoms with E-state index in [4.69, 9.17) is 9.72 Å². The first-order valence-electron chi connectivity index (χ1n) is 10.4. The van der Waals surface area contributed by atoms with Gasteiger partial charge in [0.15, 0.2) is 0 Å². The van der Waals surface area contributed by atoms with E-state index in [0.717, 1.165) is 48.6 Å². The van der Waals surface area contributed by atoms with Gasteiger partial charge in [0, 0.05) is 48.1 Å². The minimum absolute atomic E-state index is 0.139. The van der Waals surface area contributed by atoms with E-state index in [0.29, 0.717) is 12.5 Å². The van der Waals surface area contributed by atoms with Crippen LogP contribution in [0.3, 0.4) is 0 Å². The summed E-state index contributed by atoms with van der Waals surface area (Å²) in [5.74, 6) is 1.16. The largest absolute Gasteiger partial charge is 0.369 e. The number of aryl methyl sites for hydroxylation is 2. The quantitative estimate of drug-likeness (QED) is 0.772. The van der Waals surface area contributed by atoms with Crippen LogP contribution < -0.4 is 9.62 Å². The van der Waals surface area contributed by atoms with E-state index in [-0.39, 0.29) is 23.5 Å². The lowest BCUT2D eigenvalue weighted by atomic mass is 9.74. The molecule has 160 valence electrons. The Balaban J connectivity index is 1.39. The van der Waals surface area contributed by atoms with Crippen molar-refractivity contribution in [3.8, 4) is 11.3 Å². The van der Waals surface area contributed by atoms with E-state index in [1.165, 1.54) is 6.26 Å². The molecule has 0 radical (unpaired) electrons. The molecule has 8 nitrogen and oxygen atoms in total. The Hall–Kier alpha value is -2.10. The lowest BCUT2D eigenvalue weighted by Crippen LogP contribution is -2.41. The molecule has 3 saturated heterocycles. The molecular formula is C21H27N5O3S. The summed E-state index contributed by atoms with van der Waals surface area (Å²) >= 11 is 0. The lowest BCUT2D eigenvalue weighted by Gasteiger charge is -2.29. The van der Waals surface area contributed by atoms with Gasteiger partial charge in [-0.05, 0) is 44.9 Å². The van der Waals surface area contributed by atoms with Gasteiger partial charge in [-0.2, -0.15) is 0 Å². The standard InChI is InChI=1S/C21H27N5O3S/c1-13-4-5-15(14(2)24-13)18-7-9-22-20(25-18)26-11-17-16(10-23-30(3,27)28)19-6-8-21(17,12-26)29-19/h4-5,7,9,16-17,19,23H,6,8,10-12H2,1-3H3/t16-,17+,19+,21+/m0/s1. The van der Waals surface area contributed by atoms with E-state index in [1.54, 1.807) is 6.20 Å². The van der Waals surface area contributed by atoms with Gasteiger partial charge in [-0.25, -0.2) is 23.1 Å². The molecule has 9 heteroatoms. The number of aromatic nitrogens is 3. The first-order chi connectivity index (χ1) is 14.2. The zero-order valence-corrected chi connectivity index (χ0v) is 18.3. The number of ether oxygens (including phenoxy) is 1. The molecule has 0 aromatic carbocycles. The highest BCUT2D eigenvalue weighted by Crippen LogP contribution is 2.55. The van der Waals surface area contributed by atoms with Crippen LogP contribution in [0.2, 0.25) is 0 Å². The Kier molecular flexibility index (Phi) is 4.61. The van der Waals surface area contributed by atoms with E-state index >= 15 is 0 Å². The van der Waals surface area contributed by atoms with Crippen molar-refractivity contribution in [2.45, 2.75) is 38.4 Å². The van der Waals surface area contributed by atoms with E-state index < -0.39 is 10.0 Å². The Morgan fingerprint density at radius 1 is 1.27 bits per heavy atom. The Labute approximate surface area is 177 Å². The minimum Gasteiger partial charge on any atom is -0.369 e. The van der Waals surface area contributed by atoms with Gasteiger partial charge >= 0.3 is 0 Å². The molecule has 4 atom stereocenters. The summed E-state index contributed by atoms with van der Waals surface area (Å²) in [7, 11) is -3.22. The molecule has 2 bridgehead atoms. The third-order valence-electron chi connectivity index (χ3n) is 6.79. The first kappa shape index (κ1) is 19.8. The number of hydrogen-bond donors (Lipinski definition) is 1. The second kappa shape index (κ2) is 6.96. The molecule has 2 aromatic heterocycles. The van der Waals surface area contributed by atoms with Crippen LogP contribution in [0.25, 0.3) is 11.3 Å². The molecule has 30 heavy (non-hydrogen) atoms. The van der Waals surface area contributed by atoms with Crippen LogP contribution in [-0.4, -0.2) is 61.0 Å². The zero-order valence-electron chi connectivity index (χ0n) is 17.5. The summed E-state index contributed by atoms with van der Waals surface area (Å²) in [5, 5.41) is 0. The van der Waals surface area contributed by atoms with Gasteiger partial charge in [-0.3, -0.25) is 4.98 Å². The van der Waals surface area contributed by atoms with Gasteiger partial charge in [0.05, 0.1) is 30.2 Å². The summed E-state index contributed by atoms with van der Waals surface area (Å²) in [6.45, 7) is 5.93. The van der Waals surface area contributed by atoms with Crippen molar-refractivity contribution in [2.75, 3.05) is 30.8 Å². The maximum atomic E-state index is 11.6. The van der Waals surface area contributed by atoms with Gasteiger partial charge in [0.25, 0.3) is 0 Å². The topological polar surface area (TPSA) is 97.3 Å². The fourth-order valence-corrected chi connectivity index (χ4v) is 5.97. The molecule has 0 amide bonds. The van der Waals surface area contributed by atoms with Crippen LogP contribution in [0.5, 0.6) is 0 Å². The highest BCUT2D eigenvalue weighted by atomic mass is 32.2. The maximum Gasteiger partial charge on any atom is 0.225 e. The molecule has 1 N–H and O–H groups in total. The Morgan fingerprint density at radius 3 is 2.87 bits per heavy atom. The van der Waals surface area contributed by atoms with Crippen molar-refractivity contribution in [1.29, 1.82) is 0 Å². The molecule has 2 aromatic rings. The number of anilines is 1. The van der Waals surface area contributed by atoms with Gasteiger partial charge < -0.3 is 9.64 Å². The third-order valence-corrected chi connectivity index (χ3v) is 7.48. The molecule has 5 heterocycles. The minimum atomic E-state index is -3.22. The average molecular weight is 430 g/mol. The SMILES string of the molecule is Cc1ccc(-c2ccnc(N3C[C@@H]4[C@H](CNS(C)(=O)=O)[C@H]5CC[C@]4(C3)O5)n2)c(C)n1. The number of nitrogens with zero attached hydrogens (tertiary/aromatic N) is 4. The fraction of sp³-hybridized carbons (Fsp3) is 0.571. The predicted molar refractivity (Wildman–Crippen MR) is 114 cm³/mol. The van der Waals surface area contributed by atoms with E-state index in [2.05, 4.69) is 25.7 Å². The molecular weight excluding hydrogens is 402 g/mol. The third kappa shape index (κ3) is 3.38. The number of rotatable bonds is 5. The highest BCUT2D eigenvalue weighted by Gasteiger charge is 2.63. The van der Waals surface area contributed by atoms with Crippen molar-refractivity contribution in [1.82, 2.24) is 19.7 Å². The van der Waals surface area contributed by atoms with Crippen molar-refractivity contribution < 1.29 is 13.2 Å². The van der Waals surface area contributed by atoms with Crippen molar-refractivity contribution in [3.05, 3.63) is 35.8 Å². The molecule has 0 aliphatic carbocycles. The molecule has 3 aliphatic heterocycles. The van der Waals surface area contributed by atoms with Crippen molar-refractivity contribution in [3.63, 3.8) is 0 Å². The van der Waals surface area contributed by atoms with Crippen LogP contribution in [0.4, 0.5) is 5.95 Å². The second-order valence-corrected chi connectivity index (χ2v) is 10.7. The van der Waals surface area contributed by atoms with Crippen LogP contribution in [-0.2, 0) is 14.8 Å². The Morgan fingerprint density at radius 2 is 2.10 bits per heavy atom. The summed E-state index contributed by atoms with van der Waals surface area (Å²) in [6.07, 6.45) is 5.13. The van der Waals surface area contributed by atoms with Gasteiger partial charge in [-0.1, -0.05) is 0 Å². The number of hydrogen-bond acceptors (Lipinski definition) is 7. The molecule has 0 saturated carbocycles. The van der Waals surface area contributed by atoms with E-state index in [1.807, 2.05) is 26.0 Å². The number of pyridine rings is 1. The van der Waals surface area contributed by atoms with Crippen LogP contribution in [0, 0.1) is 25.7 Å². The summed E-state index contributed by atoms with van der Waals surface area (Å²) in [5.41, 5.74) is 3.59. The van der Waals surface area contributed by atoms with E-state index in [9.17, 15) is 8.42 Å². The molecule has 5 rings (SSSR count). The Bertz CT molecular complexity index is 1090. The molecule has 3 aliphatic rings. The lowest BCUT2D eigenvalue weighted by molar-refractivity contribution is 0.0141. The normalized spacial score (nSPS) is 30.1. The van der Waals surface area contributed by atoms with Gasteiger partial charge in [-0.15, -0.1) is 0 Å². The van der Waals surface area contributed by atoms with Crippen molar-refractivity contribution >= 4 is 16.0 Å². The van der Waals surface area contributed by atoms with Crippen LogP contribution in [0.15, 0.2) is 24.4 Å². The molecule has 0 unspecified atom stereocenters. The zero-order chi connectivity index (χ0) is 21.1. The fourth-order valence-electron chi connectivity index (χ4n) is 5.47. The second-order valence-electron chi connectivity index (χ2n) is 8.86. The number of fused-ring (bicyclic) bond motifs is 1. The number of nitrogens with one attached hydrogen (secondary N) is 1. The molecule has 3 fully saturated rings. The van der Waals surface area contributed by atoms with Crippen LogP contribution in [0.1, 0.15) is 24.2 Å². The van der Waals surface area contributed by atoms with Crippen molar-refractivity contribution in [2.24, 2.45) is 11.8 Å². The smallest absolute Gasteiger partial charge is 0.225 e. The average Bonchev–Trinajstić information content (AvgIpc) is 3.34. The monoisotopic (exact) mass is 429 g/mol.